The molecule has 0 aliphatic carbocycles. The van der Waals surface area contributed by atoms with Crippen molar-refractivity contribution in [2.45, 2.75) is 51.5 Å². The number of carboxylic acid groups (broad SMARTS) is 1. The predicted molar refractivity (Wildman–Crippen MR) is 145 cm³/mol. The molecule has 2 heterocycles. The number of hydrazine groups is 1. The van der Waals surface area contributed by atoms with Gasteiger partial charge in [-0.05, 0) is 50.8 Å². The Hall–Kier alpha value is -3.59. The molecule has 2 atom stereocenters. The van der Waals surface area contributed by atoms with Gasteiger partial charge in [-0.1, -0.05) is 12.5 Å². The van der Waals surface area contributed by atoms with E-state index in [1.165, 1.54) is 0 Å². The second-order valence-corrected chi connectivity index (χ2v) is 9.32. The first-order chi connectivity index (χ1) is 17.8. The molecule has 2 unspecified atom stereocenters. The number of aliphatic carboxylic acids is 1. The number of carbonyl (C=O) groups is 2. The fourth-order valence-corrected chi connectivity index (χ4v) is 4.13. The van der Waals surface area contributed by atoms with Crippen LogP contribution in [0.5, 0.6) is 11.5 Å². The van der Waals surface area contributed by atoms with Gasteiger partial charge in [0.25, 0.3) is 0 Å². The summed E-state index contributed by atoms with van der Waals surface area (Å²) in [7, 11) is 3.33. The number of methoxy groups -OCH3 is 1. The van der Waals surface area contributed by atoms with Crippen LogP contribution in [0.2, 0.25) is 0 Å². The van der Waals surface area contributed by atoms with Crippen molar-refractivity contribution < 1.29 is 24.2 Å². The molecule has 2 aromatic rings. The Morgan fingerprint density at radius 3 is 2.78 bits per heavy atom. The lowest BCUT2D eigenvalue weighted by Gasteiger charge is -2.21. The summed E-state index contributed by atoms with van der Waals surface area (Å²) in [6.07, 6.45) is 9.88. The third kappa shape index (κ3) is 7.95. The molecule has 200 valence electrons. The zero-order chi connectivity index (χ0) is 26.8. The van der Waals surface area contributed by atoms with Crippen molar-refractivity contribution >= 4 is 28.6 Å². The van der Waals surface area contributed by atoms with Crippen molar-refractivity contribution in [2.75, 3.05) is 32.3 Å². The van der Waals surface area contributed by atoms with Crippen LogP contribution >= 0.6 is 0 Å². The highest BCUT2D eigenvalue weighted by Gasteiger charge is 2.24. The van der Waals surface area contributed by atoms with Gasteiger partial charge >= 0.3 is 5.97 Å². The van der Waals surface area contributed by atoms with Crippen molar-refractivity contribution in [3.05, 3.63) is 49.2 Å². The van der Waals surface area contributed by atoms with Gasteiger partial charge in [0.15, 0.2) is 5.82 Å². The van der Waals surface area contributed by atoms with E-state index in [0.29, 0.717) is 29.4 Å². The maximum atomic E-state index is 12.6. The molecule has 0 radical (unpaired) electrons. The molecule has 9 heteroatoms. The van der Waals surface area contributed by atoms with Crippen molar-refractivity contribution in [1.82, 2.24) is 15.3 Å². The van der Waals surface area contributed by atoms with Crippen LogP contribution < -0.4 is 19.9 Å². The van der Waals surface area contributed by atoms with Gasteiger partial charge in [0.05, 0.1) is 25.2 Å². The first kappa shape index (κ1) is 28.0. The monoisotopic (exact) mass is 510 g/mol. The molecule has 1 aromatic carbocycles. The molecular formula is C28H38N4O5. The Morgan fingerprint density at radius 1 is 1.30 bits per heavy atom. The summed E-state index contributed by atoms with van der Waals surface area (Å²) < 4.78 is 11.4. The highest BCUT2D eigenvalue weighted by molar-refractivity contribution is 5.88. The Balaban J connectivity index is 1.65. The number of ether oxygens (including phenoxy) is 2. The van der Waals surface area contributed by atoms with Gasteiger partial charge in [0.1, 0.15) is 11.5 Å². The molecular weight excluding hydrogens is 472 g/mol. The van der Waals surface area contributed by atoms with E-state index in [0.717, 1.165) is 31.1 Å². The van der Waals surface area contributed by atoms with Gasteiger partial charge < -0.3 is 19.5 Å². The van der Waals surface area contributed by atoms with E-state index in [1.807, 2.05) is 54.6 Å². The molecule has 1 amide bonds. The number of hydrogen-bond acceptors (Lipinski definition) is 7. The van der Waals surface area contributed by atoms with E-state index >= 15 is 0 Å². The van der Waals surface area contributed by atoms with Crippen LogP contribution in [0.4, 0.5) is 5.82 Å². The minimum Gasteiger partial charge on any atom is -0.497 e. The van der Waals surface area contributed by atoms with E-state index in [2.05, 4.69) is 12.0 Å². The van der Waals surface area contributed by atoms with Crippen molar-refractivity contribution in [3.63, 3.8) is 0 Å². The third-order valence-electron chi connectivity index (χ3n) is 6.40. The Kier molecular flexibility index (Phi) is 10.3. The van der Waals surface area contributed by atoms with Crippen molar-refractivity contribution in [3.8, 4) is 11.5 Å². The summed E-state index contributed by atoms with van der Waals surface area (Å²) in [4.78, 5) is 30.9. The van der Waals surface area contributed by atoms with E-state index in [1.54, 1.807) is 19.1 Å². The number of pyridine rings is 1. The molecule has 0 bridgehead atoms. The number of benzene rings is 1. The number of nitrogens with zero attached hydrogens (tertiary/aromatic N) is 3. The largest absolute Gasteiger partial charge is 0.497 e. The number of carbonyl (C=O) groups excluding carboxylic acids is 1. The minimum absolute atomic E-state index is 0.0538. The summed E-state index contributed by atoms with van der Waals surface area (Å²) in [6, 6.07) is 7.54. The molecule has 2 N–H and O–H groups in total. The lowest BCUT2D eigenvalue weighted by molar-refractivity contribution is -0.146. The number of hydrogen-bond donors (Lipinski definition) is 2. The predicted octanol–water partition coefficient (Wildman–Crippen LogP) is 4.53. The molecule has 0 spiro atoms. The Labute approximate surface area is 218 Å². The van der Waals surface area contributed by atoms with Gasteiger partial charge in [0, 0.05) is 49.8 Å². The van der Waals surface area contributed by atoms with E-state index in [-0.39, 0.29) is 31.4 Å². The number of anilines is 1. The molecule has 0 saturated carbocycles. The first-order valence-electron chi connectivity index (χ1n) is 12.7. The number of fused-ring (bicyclic) bond motifs is 1. The number of carboxylic acids is 1. The summed E-state index contributed by atoms with van der Waals surface area (Å²) in [6.45, 7) is 6.52. The van der Waals surface area contributed by atoms with E-state index in [4.69, 9.17) is 14.5 Å². The van der Waals surface area contributed by atoms with Crippen LogP contribution in [0.1, 0.15) is 45.4 Å². The number of rotatable bonds is 15. The van der Waals surface area contributed by atoms with Crippen molar-refractivity contribution in [2.24, 2.45) is 5.92 Å². The van der Waals surface area contributed by atoms with Crippen LogP contribution in [-0.4, -0.2) is 60.2 Å². The fraction of sp³-hybridized carbons (Fsp3) is 0.464. The molecule has 0 saturated heterocycles. The van der Waals surface area contributed by atoms with Gasteiger partial charge in [-0.15, -0.1) is 6.58 Å². The number of allylic oxidation sites excluding steroid dienone is 1. The Bertz CT molecular complexity index is 1120. The molecule has 0 fully saturated rings. The SMILES string of the molecule is C=CCCCCCN(C)C(=O)CC(CCOc1cc(N2C=CC(C)N2)nc2cc(OC)ccc12)C(=O)O. The summed E-state index contributed by atoms with van der Waals surface area (Å²) in [5.41, 5.74) is 3.98. The van der Waals surface area contributed by atoms with Gasteiger partial charge in [0.2, 0.25) is 5.91 Å². The first-order valence-corrected chi connectivity index (χ1v) is 12.7. The zero-order valence-electron chi connectivity index (χ0n) is 22.0. The van der Waals surface area contributed by atoms with Crippen molar-refractivity contribution in [1.29, 1.82) is 0 Å². The van der Waals surface area contributed by atoms with Crippen LogP contribution in [0.3, 0.4) is 0 Å². The van der Waals surface area contributed by atoms with E-state index < -0.39 is 11.9 Å². The third-order valence-corrected chi connectivity index (χ3v) is 6.40. The number of amides is 1. The summed E-state index contributed by atoms with van der Waals surface area (Å²) in [5.74, 6) is -0.0776. The standard InChI is InChI=1S/C28H38N4O5/c1-5-6-7-8-9-14-31(3)27(33)17-21(28(34)35)13-16-37-25-19-26(32-15-12-20(2)30-32)29-24-18-22(36-4)10-11-23(24)25/h5,10-12,15,18-21,30H,1,6-9,13-14,16-17H2,2-4H3,(H,34,35). The molecule has 1 aliphatic rings. The second kappa shape index (κ2) is 13.6. The maximum absolute atomic E-state index is 12.6. The normalized spacial score (nSPS) is 15.5. The fourth-order valence-electron chi connectivity index (χ4n) is 4.13. The molecule has 1 aliphatic heterocycles. The van der Waals surface area contributed by atoms with Crippen LogP contribution in [0.25, 0.3) is 10.9 Å². The lowest BCUT2D eigenvalue weighted by atomic mass is 10.0. The quantitative estimate of drug-likeness (QED) is 0.266. The highest BCUT2D eigenvalue weighted by atomic mass is 16.5. The van der Waals surface area contributed by atoms with Gasteiger partial charge in [-0.25, -0.2) is 10.4 Å². The summed E-state index contributed by atoms with van der Waals surface area (Å²) >= 11 is 0. The molecule has 9 nitrogen and oxygen atoms in total. The number of unbranched alkanes of at least 4 members (excludes halogenated alkanes) is 3. The topological polar surface area (TPSA) is 104 Å². The van der Waals surface area contributed by atoms with Crippen LogP contribution in [-0.2, 0) is 9.59 Å². The number of aromatic nitrogens is 1. The average Bonchev–Trinajstić information content (AvgIpc) is 3.33. The average molecular weight is 511 g/mol. The summed E-state index contributed by atoms with van der Waals surface area (Å²) in [5, 5.41) is 12.3. The lowest BCUT2D eigenvalue weighted by Crippen LogP contribution is -2.34. The molecule has 3 rings (SSSR count). The number of nitrogens with one attached hydrogen (secondary N) is 1. The maximum Gasteiger partial charge on any atom is 0.307 e. The minimum atomic E-state index is -0.998. The molecule has 37 heavy (non-hydrogen) atoms. The molecule has 1 aromatic heterocycles. The highest BCUT2D eigenvalue weighted by Crippen LogP contribution is 2.32. The van der Waals surface area contributed by atoms with Crippen LogP contribution in [0.15, 0.2) is 49.2 Å². The van der Waals surface area contributed by atoms with Gasteiger partial charge in [-0.3, -0.25) is 14.6 Å². The zero-order valence-corrected chi connectivity index (χ0v) is 22.0. The van der Waals surface area contributed by atoms with Gasteiger partial charge in [-0.2, -0.15) is 0 Å². The Morgan fingerprint density at radius 2 is 2.11 bits per heavy atom. The smallest absolute Gasteiger partial charge is 0.307 e. The van der Waals surface area contributed by atoms with Crippen LogP contribution in [0, 0.1) is 5.92 Å². The second-order valence-electron chi connectivity index (χ2n) is 9.32. The van der Waals surface area contributed by atoms with E-state index in [9.17, 15) is 14.7 Å².